The summed E-state index contributed by atoms with van der Waals surface area (Å²) in [7, 11) is -1.81. The van der Waals surface area contributed by atoms with Crippen LogP contribution in [0.3, 0.4) is 0 Å². The molecule has 4 heteroatoms. The smallest absolute Gasteiger partial charge is 0.192 e. The Morgan fingerprint density at radius 2 is 1.83 bits per heavy atom. The summed E-state index contributed by atoms with van der Waals surface area (Å²) in [6.07, 6.45) is -0.0565. The molecule has 0 fully saturated rings. The van der Waals surface area contributed by atoms with E-state index >= 15 is 0 Å². The topological polar surface area (TPSA) is 29.5 Å². The van der Waals surface area contributed by atoms with Crippen LogP contribution in [0.4, 0.5) is 0 Å². The quantitative estimate of drug-likeness (QED) is 0.781. The highest BCUT2D eigenvalue weighted by atomic mass is 35.5. The molecule has 0 heterocycles. The SMILES string of the molecule is C[C@H](O[Si](C)(C)C(C)(C)C)c1ccc(O)cc1Cl. The standard InChI is InChI=1S/C14H23ClO2Si/c1-10(17-18(5,6)14(2,3)4)12-8-7-11(16)9-13(12)15/h7-10,16H,1-6H3/t10-/m0/s1. The van der Waals surface area contributed by atoms with Crippen LogP contribution in [0, 0.1) is 0 Å². The second kappa shape index (κ2) is 5.23. The van der Waals surface area contributed by atoms with Crippen LogP contribution in [0.15, 0.2) is 18.2 Å². The fourth-order valence-corrected chi connectivity index (χ4v) is 3.22. The molecule has 0 aliphatic heterocycles. The lowest BCUT2D eigenvalue weighted by molar-refractivity contribution is 0.203. The van der Waals surface area contributed by atoms with Crippen LogP contribution >= 0.6 is 11.6 Å². The summed E-state index contributed by atoms with van der Waals surface area (Å²) < 4.78 is 6.28. The third-order valence-electron chi connectivity index (χ3n) is 3.70. The number of rotatable bonds is 3. The highest BCUT2D eigenvalue weighted by Gasteiger charge is 2.38. The fourth-order valence-electron chi connectivity index (χ4n) is 1.53. The van der Waals surface area contributed by atoms with E-state index in [1.807, 2.05) is 13.0 Å². The van der Waals surface area contributed by atoms with Gasteiger partial charge in [-0.2, -0.15) is 0 Å². The molecule has 0 bridgehead atoms. The summed E-state index contributed by atoms with van der Waals surface area (Å²) in [6.45, 7) is 13.1. The molecule has 1 aromatic rings. The molecule has 0 radical (unpaired) electrons. The van der Waals surface area contributed by atoms with Crippen molar-refractivity contribution in [2.24, 2.45) is 0 Å². The average Bonchev–Trinajstić information content (AvgIpc) is 2.14. The van der Waals surface area contributed by atoms with Gasteiger partial charge in [-0.15, -0.1) is 0 Å². The molecule has 2 nitrogen and oxygen atoms in total. The predicted octanol–water partition coefficient (Wildman–Crippen LogP) is 5.13. The number of aromatic hydroxyl groups is 1. The molecular formula is C14H23ClO2Si. The van der Waals surface area contributed by atoms with Crippen molar-refractivity contribution in [1.29, 1.82) is 0 Å². The van der Waals surface area contributed by atoms with Gasteiger partial charge in [-0.25, -0.2) is 0 Å². The Morgan fingerprint density at radius 1 is 1.28 bits per heavy atom. The largest absolute Gasteiger partial charge is 0.508 e. The molecule has 0 saturated carbocycles. The molecule has 0 aliphatic carbocycles. The minimum Gasteiger partial charge on any atom is -0.508 e. The van der Waals surface area contributed by atoms with Crippen LogP contribution in [-0.2, 0) is 4.43 Å². The molecule has 1 aromatic carbocycles. The summed E-state index contributed by atoms with van der Waals surface area (Å²) in [5.41, 5.74) is 0.930. The van der Waals surface area contributed by atoms with Crippen LogP contribution < -0.4 is 0 Å². The summed E-state index contributed by atoms with van der Waals surface area (Å²) in [5, 5.41) is 10.1. The average molecular weight is 287 g/mol. The van der Waals surface area contributed by atoms with Gasteiger partial charge in [-0.1, -0.05) is 38.4 Å². The van der Waals surface area contributed by atoms with Gasteiger partial charge >= 0.3 is 0 Å². The number of benzene rings is 1. The van der Waals surface area contributed by atoms with Crippen LogP contribution in [0.25, 0.3) is 0 Å². The van der Waals surface area contributed by atoms with E-state index in [1.54, 1.807) is 12.1 Å². The zero-order chi connectivity index (χ0) is 14.1. The van der Waals surface area contributed by atoms with Crippen LogP contribution in [-0.4, -0.2) is 13.4 Å². The molecule has 0 amide bonds. The van der Waals surface area contributed by atoms with E-state index in [4.69, 9.17) is 16.0 Å². The Morgan fingerprint density at radius 3 is 2.28 bits per heavy atom. The molecule has 1 rings (SSSR count). The van der Waals surface area contributed by atoms with E-state index in [0.717, 1.165) is 5.56 Å². The maximum Gasteiger partial charge on any atom is 0.192 e. The van der Waals surface area contributed by atoms with Crippen molar-refractivity contribution >= 4 is 19.9 Å². The summed E-state index contributed by atoms with van der Waals surface area (Å²) in [5.74, 6) is 0.184. The third-order valence-corrected chi connectivity index (χ3v) is 8.58. The van der Waals surface area contributed by atoms with Gasteiger partial charge in [0, 0.05) is 5.02 Å². The lowest BCUT2D eigenvalue weighted by atomic mass is 10.1. The molecule has 1 N–H and O–H groups in total. The van der Waals surface area contributed by atoms with Crippen molar-refractivity contribution in [1.82, 2.24) is 0 Å². The van der Waals surface area contributed by atoms with E-state index in [0.29, 0.717) is 5.02 Å². The molecule has 0 aromatic heterocycles. The molecule has 0 aliphatic rings. The number of phenolic OH excluding ortho intramolecular Hbond substituents is 1. The van der Waals surface area contributed by atoms with Gasteiger partial charge in [0.05, 0.1) is 6.10 Å². The Bertz CT molecular complexity index is 424. The molecule has 1 atom stereocenters. The molecule has 102 valence electrons. The normalized spacial score (nSPS) is 14.6. The molecule has 0 saturated heterocycles. The van der Waals surface area contributed by atoms with Crippen LogP contribution in [0.1, 0.15) is 39.4 Å². The van der Waals surface area contributed by atoms with E-state index < -0.39 is 8.32 Å². The summed E-state index contributed by atoms with van der Waals surface area (Å²) >= 11 is 6.14. The van der Waals surface area contributed by atoms with Gasteiger partial charge in [0.25, 0.3) is 0 Å². The second-order valence-electron chi connectivity index (χ2n) is 6.23. The first-order valence-corrected chi connectivity index (χ1v) is 9.49. The number of halogens is 1. The van der Waals surface area contributed by atoms with Crippen LogP contribution in [0.2, 0.25) is 23.2 Å². The van der Waals surface area contributed by atoms with E-state index in [2.05, 4.69) is 33.9 Å². The first kappa shape index (κ1) is 15.5. The zero-order valence-electron chi connectivity index (χ0n) is 12.0. The van der Waals surface area contributed by atoms with E-state index in [9.17, 15) is 5.11 Å². The third kappa shape index (κ3) is 3.50. The van der Waals surface area contributed by atoms with Crippen molar-refractivity contribution < 1.29 is 9.53 Å². The predicted molar refractivity (Wildman–Crippen MR) is 79.8 cm³/mol. The highest BCUT2D eigenvalue weighted by Crippen LogP contribution is 2.40. The lowest BCUT2D eigenvalue weighted by Gasteiger charge is -2.38. The Hall–Kier alpha value is -0.513. The van der Waals surface area contributed by atoms with Gasteiger partial charge in [0.1, 0.15) is 5.75 Å². The number of phenols is 1. The van der Waals surface area contributed by atoms with Gasteiger partial charge in [-0.05, 0) is 42.8 Å². The zero-order valence-corrected chi connectivity index (χ0v) is 13.8. The Labute approximate surface area is 116 Å². The van der Waals surface area contributed by atoms with Gasteiger partial charge in [0.15, 0.2) is 8.32 Å². The van der Waals surface area contributed by atoms with Gasteiger partial charge in [0.2, 0.25) is 0 Å². The maximum atomic E-state index is 9.36. The Balaban J connectivity index is 2.92. The van der Waals surface area contributed by atoms with Crippen molar-refractivity contribution in [2.75, 3.05) is 0 Å². The first-order chi connectivity index (χ1) is 8.04. The minimum atomic E-state index is -1.81. The molecule has 0 spiro atoms. The second-order valence-corrected chi connectivity index (χ2v) is 11.4. The monoisotopic (exact) mass is 286 g/mol. The Kier molecular flexibility index (Phi) is 4.52. The van der Waals surface area contributed by atoms with E-state index in [-0.39, 0.29) is 16.9 Å². The van der Waals surface area contributed by atoms with Gasteiger partial charge in [-0.3, -0.25) is 0 Å². The maximum absolute atomic E-state index is 9.36. The molecule has 0 unspecified atom stereocenters. The van der Waals surface area contributed by atoms with Crippen LogP contribution in [0.5, 0.6) is 5.75 Å². The number of hydrogen-bond donors (Lipinski definition) is 1. The molecular weight excluding hydrogens is 264 g/mol. The van der Waals surface area contributed by atoms with Crippen molar-refractivity contribution in [3.63, 3.8) is 0 Å². The summed E-state index contributed by atoms with van der Waals surface area (Å²) in [6, 6.07) is 5.03. The van der Waals surface area contributed by atoms with Crippen molar-refractivity contribution in [3.05, 3.63) is 28.8 Å². The minimum absolute atomic E-state index is 0.0565. The first-order valence-electron chi connectivity index (χ1n) is 6.21. The highest BCUT2D eigenvalue weighted by molar-refractivity contribution is 6.74. The van der Waals surface area contributed by atoms with E-state index in [1.165, 1.54) is 0 Å². The summed E-state index contributed by atoms with van der Waals surface area (Å²) in [4.78, 5) is 0. The number of hydrogen-bond acceptors (Lipinski definition) is 2. The lowest BCUT2D eigenvalue weighted by Crippen LogP contribution is -2.41. The van der Waals surface area contributed by atoms with Gasteiger partial charge < -0.3 is 9.53 Å². The van der Waals surface area contributed by atoms with Crippen molar-refractivity contribution in [3.8, 4) is 5.75 Å². The fraction of sp³-hybridized carbons (Fsp3) is 0.571. The van der Waals surface area contributed by atoms with Crippen molar-refractivity contribution in [2.45, 2.75) is 51.9 Å². The molecule has 18 heavy (non-hydrogen) atoms.